The Morgan fingerprint density at radius 1 is 1.38 bits per heavy atom. The fourth-order valence-electron chi connectivity index (χ4n) is 3.60. The Bertz CT molecular complexity index is 585. The highest BCUT2D eigenvalue weighted by Gasteiger charge is 2.20. The van der Waals surface area contributed by atoms with E-state index in [2.05, 4.69) is 52.7 Å². The lowest BCUT2D eigenvalue weighted by atomic mass is 10.1. The van der Waals surface area contributed by atoms with E-state index in [9.17, 15) is 0 Å². The second-order valence-corrected chi connectivity index (χ2v) is 7.75. The van der Waals surface area contributed by atoms with E-state index in [4.69, 9.17) is 9.73 Å². The van der Waals surface area contributed by atoms with Crippen molar-refractivity contribution in [3.8, 4) is 0 Å². The van der Waals surface area contributed by atoms with E-state index in [0.29, 0.717) is 12.6 Å². The Morgan fingerprint density at radius 3 is 2.66 bits per heavy atom. The van der Waals surface area contributed by atoms with Gasteiger partial charge in [0.25, 0.3) is 0 Å². The lowest BCUT2D eigenvalue weighted by Crippen LogP contribution is -2.49. The topological polar surface area (TPSA) is 70.0 Å². The quantitative estimate of drug-likeness (QED) is 0.212. The van der Waals surface area contributed by atoms with Crippen molar-refractivity contribution in [2.45, 2.75) is 38.3 Å². The summed E-state index contributed by atoms with van der Waals surface area (Å²) < 4.78 is 7.00. The molecule has 9 heteroatoms. The Kier molecular flexibility index (Phi) is 12.8. The van der Waals surface area contributed by atoms with Crippen molar-refractivity contribution >= 4 is 29.9 Å². The molecular formula is C20H40IN7O. The summed E-state index contributed by atoms with van der Waals surface area (Å²) in [7, 11) is 7.90. The number of guanidine groups is 1. The largest absolute Gasteiger partial charge is 0.385 e. The average Bonchev–Trinajstić information content (AvgIpc) is 3.09. The molecule has 8 nitrogen and oxygen atoms in total. The van der Waals surface area contributed by atoms with Crippen LogP contribution in [0.5, 0.6) is 0 Å². The van der Waals surface area contributed by atoms with Gasteiger partial charge in [-0.1, -0.05) is 0 Å². The molecular weight excluding hydrogens is 481 g/mol. The number of methoxy groups -OCH3 is 1. The smallest absolute Gasteiger partial charge is 0.191 e. The Hall–Kier alpha value is -0.910. The third kappa shape index (κ3) is 9.18. The predicted octanol–water partition coefficient (Wildman–Crippen LogP) is 1.70. The lowest BCUT2D eigenvalue weighted by molar-refractivity contribution is 0.155. The number of aryl methyl sites for hydroxylation is 1. The van der Waals surface area contributed by atoms with Crippen LogP contribution in [0.25, 0.3) is 0 Å². The molecule has 0 amide bonds. The Labute approximate surface area is 193 Å². The van der Waals surface area contributed by atoms with Crippen LogP contribution >= 0.6 is 24.0 Å². The summed E-state index contributed by atoms with van der Waals surface area (Å²) in [6.07, 6.45) is 7.41. The zero-order chi connectivity index (χ0) is 20.4. The van der Waals surface area contributed by atoms with E-state index in [1.165, 1.54) is 5.56 Å². The van der Waals surface area contributed by atoms with E-state index in [1.54, 1.807) is 7.11 Å². The minimum Gasteiger partial charge on any atom is -0.385 e. The van der Waals surface area contributed by atoms with Gasteiger partial charge in [-0.2, -0.15) is 5.10 Å². The molecule has 2 rings (SSSR count). The summed E-state index contributed by atoms with van der Waals surface area (Å²) in [5.74, 6) is 0.913. The summed E-state index contributed by atoms with van der Waals surface area (Å²) >= 11 is 0. The minimum absolute atomic E-state index is 0. The van der Waals surface area contributed by atoms with Gasteiger partial charge in [0.15, 0.2) is 5.96 Å². The standard InChI is InChI=1S/C20H39N7O.HI/c1-6-21-20(22-15-19(25(2)3)17-14-23-26(4)16-17)24-18-8-11-27(12-9-18)10-7-13-28-5;/h14,16,18-19H,6-13,15H2,1-5H3,(H2,21,22,24);1H. The van der Waals surface area contributed by atoms with Crippen LogP contribution in [0.1, 0.15) is 37.8 Å². The molecule has 1 aromatic heterocycles. The molecule has 2 heterocycles. The van der Waals surface area contributed by atoms with Gasteiger partial charge >= 0.3 is 0 Å². The zero-order valence-electron chi connectivity index (χ0n) is 18.7. The number of piperidine rings is 1. The van der Waals surface area contributed by atoms with Crippen LogP contribution in [0.15, 0.2) is 17.4 Å². The molecule has 1 aromatic rings. The fourth-order valence-corrected chi connectivity index (χ4v) is 3.60. The number of likely N-dealkylation sites (tertiary alicyclic amines) is 1. The monoisotopic (exact) mass is 521 g/mol. The van der Waals surface area contributed by atoms with Crippen molar-refractivity contribution in [2.75, 3.05) is 60.5 Å². The van der Waals surface area contributed by atoms with Crippen molar-refractivity contribution in [1.29, 1.82) is 0 Å². The molecule has 1 saturated heterocycles. The van der Waals surface area contributed by atoms with E-state index < -0.39 is 0 Å². The maximum Gasteiger partial charge on any atom is 0.191 e. The molecule has 0 radical (unpaired) electrons. The summed E-state index contributed by atoms with van der Waals surface area (Å²) in [5.41, 5.74) is 1.19. The normalized spacial score (nSPS) is 17.2. The molecule has 29 heavy (non-hydrogen) atoms. The molecule has 0 bridgehead atoms. The van der Waals surface area contributed by atoms with Crippen LogP contribution in [-0.2, 0) is 11.8 Å². The number of aliphatic imine (C=N–C) groups is 1. The summed E-state index contributed by atoms with van der Waals surface area (Å²) in [4.78, 5) is 9.61. The first-order valence-corrected chi connectivity index (χ1v) is 10.4. The van der Waals surface area contributed by atoms with E-state index in [0.717, 1.165) is 58.0 Å². The zero-order valence-corrected chi connectivity index (χ0v) is 21.1. The van der Waals surface area contributed by atoms with Crippen LogP contribution in [-0.4, -0.2) is 92.1 Å². The van der Waals surface area contributed by atoms with Gasteiger partial charge in [-0.3, -0.25) is 9.67 Å². The molecule has 1 aliphatic rings. The van der Waals surface area contributed by atoms with Gasteiger partial charge in [0.1, 0.15) is 0 Å². The number of hydrogen-bond donors (Lipinski definition) is 2. The summed E-state index contributed by atoms with van der Waals surface area (Å²) in [6, 6.07) is 0.694. The van der Waals surface area contributed by atoms with E-state index >= 15 is 0 Å². The van der Waals surface area contributed by atoms with Gasteiger partial charge in [0.05, 0.1) is 18.8 Å². The number of ether oxygens (including phenoxy) is 1. The average molecular weight is 521 g/mol. The predicted molar refractivity (Wildman–Crippen MR) is 130 cm³/mol. The van der Waals surface area contributed by atoms with Crippen molar-refractivity contribution in [3.05, 3.63) is 18.0 Å². The van der Waals surface area contributed by atoms with Crippen LogP contribution in [0, 0.1) is 0 Å². The number of hydrogen-bond acceptors (Lipinski definition) is 5. The number of nitrogens with one attached hydrogen (secondary N) is 2. The third-order valence-corrected chi connectivity index (χ3v) is 5.25. The molecule has 0 spiro atoms. The second-order valence-electron chi connectivity index (χ2n) is 7.75. The molecule has 1 fully saturated rings. The van der Waals surface area contributed by atoms with Gasteiger partial charge in [-0.15, -0.1) is 24.0 Å². The molecule has 2 N–H and O–H groups in total. The van der Waals surface area contributed by atoms with Crippen molar-refractivity contribution in [2.24, 2.45) is 12.0 Å². The highest BCUT2D eigenvalue weighted by Crippen LogP contribution is 2.17. The van der Waals surface area contributed by atoms with E-state index in [1.807, 2.05) is 17.9 Å². The van der Waals surface area contributed by atoms with Crippen molar-refractivity contribution in [3.63, 3.8) is 0 Å². The summed E-state index contributed by atoms with van der Waals surface area (Å²) in [6.45, 7) is 7.92. The first-order chi connectivity index (χ1) is 13.5. The molecule has 0 aliphatic carbocycles. The number of likely N-dealkylation sites (N-methyl/N-ethyl adjacent to an activating group) is 1. The fraction of sp³-hybridized carbons (Fsp3) is 0.800. The van der Waals surface area contributed by atoms with Crippen molar-refractivity contribution < 1.29 is 4.74 Å². The van der Waals surface area contributed by atoms with Crippen molar-refractivity contribution in [1.82, 2.24) is 30.2 Å². The van der Waals surface area contributed by atoms with Gasteiger partial charge in [-0.25, -0.2) is 0 Å². The highest BCUT2D eigenvalue weighted by atomic mass is 127. The van der Waals surface area contributed by atoms with E-state index in [-0.39, 0.29) is 30.0 Å². The van der Waals surface area contributed by atoms with Gasteiger partial charge < -0.3 is 25.2 Å². The van der Waals surface area contributed by atoms with Crippen LogP contribution in [0.2, 0.25) is 0 Å². The van der Waals surface area contributed by atoms with Crippen LogP contribution in [0.4, 0.5) is 0 Å². The molecule has 1 aliphatic heterocycles. The molecule has 1 unspecified atom stereocenters. The maximum absolute atomic E-state index is 5.16. The number of halogens is 1. The first kappa shape index (κ1) is 26.1. The van der Waals surface area contributed by atoms with Crippen LogP contribution in [0.3, 0.4) is 0 Å². The lowest BCUT2D eigenvalue weighted by Gasteiger charge is -2.33. The second kappa shape index (κ2) is 14.2. The number of rotatable bonds is 10. The summed E-state index contributed by atoms with van der Waals surface area (Å²) in [5, 5.41) is 11.4. The molecule has 168 valence electrons. The number of aromatic nitrogens is 2. The Balaban J connectivity index is 0.00000420. The molecule has 0 saturated carbocycles. The SMILES string of the molecule is CCNC(=NCC(c1cnn(C)c1)N(C)C)NC1CCN(CCCOC)CC1.I. The third-order valence-electron chi connectivity index (χ3n) is 5.25. The van der Waals surface area contributed by atoms with Gasteiger partial charge in [0.2, 0.25) is 0 Å². The molecule has 0 aromatic carbocycles. The van der Waals surface area contributed by atoms with Gasteiger partial charge in [0, 0.05) is 64.7 Å². The molecule has 1 atom stereocenters. The number of nitrogens with zero attached hydrogens (tertiary/aromatic N) is 5. The van der Waals surface area contributed by atoms with Crippen LogP contribution < -0.4 is 10.6 Å². The first-order valence-electron chi connectivity index (χ1n) is 10.4. The van der Waals surface area contributed by atoms with Gasteiger partial charge in [-0.05, 0) is 40.3 Å². The minimum atomic E-state index is 0. The highest BCUT2D eigenvalue weighted by molar-refractivity contribution is 14.0. The maximum atomic E-state index is 5.16. The Morgan fingerprint density at radius 2 is 2.10 bits per heavy atom.